The lowest BCUT2D eigenvalue weighted by molar-refractivity contribution is 0.107. The first-order valence-electron chi connectivity index (χ1n) is 36.1. The van der Waals surface area contributed by atoms with Gasteiger partial charge in [0, 0.05) is 11.1 Å². The van der Waals surface area contributed by atoms with Crippen LogP contribution in [0.4, 0.5) is 9.59 Å². The molecular formula is C75H130N2O4. The molecule has 0 atom stereocenters. The van der Waals surface area contributed by atoms with E-state index in [1.807, 2.05) is 0 Å². The highest BCUT2D eigenvalue weighted by atomic mass is 16.6. The smallest absolute Gasteiger partial charge is 0.410 e. The minimum atomic E-state index is -0.458. The summed E-state index contributed by atoms with van der Waals surface area (Å²) in [4.78, 5) is 29.1. The number of benzene rings is 2. The molecule has 2 aromatic carbocycles. The molecule has 4 rings (SSSR count). The Morgan fingerprint density at radius 3 is 0.852 bits per heavy atom. The fourth-order valence-corrected chi connectivity index (χ4v) is 14.1. The maximum Gasteiger partial charge on any atom is 0.413 e. The summed E-state index contributed by atoms with van der Waals surface area (Å²) in [5, 5.41) is 7.16. The quantitative estimate of drug-likeness (QED) is 0.0647. The van der Waals surface area contributed by atoms with E-state index in [4.69, 9.17) is 9.47 Å². The maximum atomic E-state index is 14.6. The molecule has 464 valence electrons. The molecule has 0 aliphatic heterocycles. The molecule has 81 heavy (non-hydrogen) atoms. The van der Waals surface area contributed by atoms with Crippen LogP contribution in [0.1, 0.15) is 377 Å². The van der Waals surface area contributed by atoms with Crippen LogP contribution in [-0.2, 0) is 25.7 Å². The molecule has 6 heteroatoms. The summed E-state index contributed by atoms with van der Waals surface area (Å²) in [7, 11) is 0. The number of hydrogen-bond donors (Lipinski definition) is 2. The highest BCUT2D eigenvalue weighted by molar-refractivity contribution is 5.73. The number of ether oxygens (including phenoxy) is 2. The van der Waals surface area contributed by atoms with E-state index in [1.54, 1.807) is 0 Å². The van der Waals surface area contributed by atoms with Crippen LogP contribution in [0.3, 0.4) is 0 Å². The number of rotatable bonds is 50. The molecule has 2 aliphatic rings. The lowest BCUT2D eigenvalue weighted by atomic mass is 9.68. The third kappa shape index (κ3) is 31.6. The van der Waals surface area contributed by atoms with Gasteiger partial charge in [-0.25, -0.2) is 9.59 Å². The van der Waals surface area contributed by atoms with E-state index in [2.05, 4.69) is 74.7 Å². The van der Waals surface area contributed by atoms with Crippen molar-refractivity contribution in [3.05, 3.63) is 58.7 Å². The minimum absolute atomic E-state index is 0.332. The van der Waals surface area contributed by atoms with Gasteiger partial charge in [-0.05, 0) is 118 Å². The summed E-state index contributed by atoms with van der Waals surface area (Å²) in [6, 6.07) is 13.0. The van der Waals surface area contributed by atoms with Gasteiger partial charge in [0.2, 0.25) is 0 Å². The van der Waals surface area contributed by atoms with Crippen LogP contribution in [0.5, 0.6) is 11.5 Å². The lowest BCUT2D eigenvalue weighted by Gasteiger charge is -2.47. The first-order chi connectivity index (χ1) is 39.9. The predicted molar refractivity (Wildman–Crippen MR) is 350 cm³/mol. The SMILES string of the molecule is CCCCCCCCCCCCc1cccc(OC(=O)NC2(CC3(NC(=O)Oc4cccc(CCCCCCCCCCCC)c4CCCCCCCCCCCC)CCCCC3)CCCCC2)c1CCCCCCCCCCCC. The predicted octanol–water partition coefficient (Wildman–Crippen LogP) is 24.2. The van der Waals surface area contributed by atoms with E-state index in [-0.39, 0.29) is 12.2 Å². The molecule has 2 saturated carbocycles. The van der Waals surface area contributed by atoms with Crippen molar-refractivity contribution in [1.82, 2.24) is 10.6 Å². The topological polar surface area (TPSA) is 76.7 Å². The minimum Gasteiger partial charge on any atom is -0.410 e. The Kier molecular flexibility index (Phi) is 40.3. The second-order valence-corrected chi connectivity index (χ2v) is 26.4. The fourth-order valence-electron chi connectivity index (χ4n) is 14.1. The first-order valence-corrected chi connectivity index (χ1v) is 36.1. The van der Waals surface area contributed by atoms with Crippen molar-refractivity contribution in [2.45, 2.75) is 392 Å². The molecule has 6 nitrogen and oxygen atoms in total. The molecule has 2 amide bonds. The molecular weight excluding hydrogens is 993 g/mol. The van der Waals surface area contributed by atoms with Gasteiger partial charge < -0.3 is 20.1 Å². The van der Waals surface area contributed by atoms with Gasteiger partial charge in [0.15, 0.2) is 0 Å². The van der Waals surface area contributed by atoms with Crippen molar-refractivity contribution in [2.24, 2.45) is 0 Å². The Bertz CT molecular complexity index is 1710. The summed E-state index contributed by atoms with van der Waals surface area (Å²) < 4.78 is 13.1. The molecule has 2 aromatic rings. The van der Waals surface area contributed by atoms with Crippen molar-refractivity contribution in [3.63, 3.8) is 0 Å². The normalized spacial score (nSPS) is 15.0. The van der Waals surface area contributed by atoms with Crippen LogP contribution < -0.4 is 20.1 Å². The Morgan fingerprint density at radius 2 is 0.580 bits per heavy atom. The number of carbonyl (C=O) groups excluding carboxylic acids is 2. The van der Waals surface area contributed by atoms with Gasteiger partial charge in [0.05, 0.1) is 0 Å². The van der Waals surface area contributed by atoms with Crippen molar-refractivity contribution >= 4 is 12.2 Å². The first kappa shape index (κ1) is 70.5. The zero-order valence-corrected chi connectivity index (χ0v) is 54.0. The molecule has 0 spiro atoms. The van der Waals surface area contributed by atoms with E-state index in [9.17, 15) is 9.59 Å². The molecule has 0 aromatic heterocycles. The van der Waals surface area contributed by atoms with E-state index in [1.165, 1.54) is 279 Å². The van der Waals surface area contributed by atoms with Gasteiger partial charge in [-0.3, -0.25) is 0 Å². The Balaban J connectivity index is 1.44. The van der Waals surface area contributed by atoms with Crippen LogP contribution in [0.15, 0.2) is 36.4 Å². The second kappa shape index (κ2) is 46.3. The second-order valence-electron chi connectivity index (χ2n) is 26.4. The number of carbonyl (C=O) groups is 2. The Hall–Kier alpha value is -3.02. The maximum absolute atomic E-state index is 14.6. The highest BCUT2D eigenvalue weighted by Crippen LogP contribution is 2.42. The summed E-state index contributed by atoms with van der Waals surface area (Å²) in [6.45, 7) is 9.19. The molecule has 2 aliphatic carbocycles. The van der Waals surface area contributed by atoms with Gasteiger partial charge in [0.25, 0.3) is 0 Å². The molecule has 0 heterocycles. The number of amides is 2. The fraction of sp³-hybridized carbons (Fsp3) is 0.813. The number of hydrogen-bond acceptors (Lipinski definition) is 4. The Labute approximate surface area is 501 Å². The van der Waals surface area contributed by atoms with Crippen LogP contribution in [0.2, 0.25) is 0 Å². The average Bonchev–Trinajstić information content (AvgIpc) is 3.48. The largest absolute Gasteiger partial charge is 0.413 e. The molecule has 0 radical (unpaired) electrons. The highest BCUT2D eigenvalue weighted by Gasteiger charge is 2.45. The number of unbranched alkanes of at least 4 members (excludes halogenated alkanes) is 36. The number of nitrogens with one attached hydrogen (secondary N) is 2. The Morgan fingerprint density at radius 1 is 0.333 bits per heavy atom. The van der Waals surface area contributed by atoms with Gasteiger partial charge >= 0.3 is 12.2 Å². The monoisotopic (exact) mass is 1120 g/mol. The van der Waals surface area contributed by atoms with Crippen molar-refractivity contribution in [3.8, 4) is 11.5 Å². The van der Waals surface area contributed by atoms with Crippen LogP contribution in [0.25, 0.3) is 0 Å². The summed E-state index contributed by atoms with van der Waals surface area (Å²) >= 11 is 0. The van der Waals surface area contributed by atoms with Gasteiger partial charge in [-0.15, -0.1) is 0 Å². The van der Waals surface area contributed by atoms with Crippen molar-refractivity contribution < 1.29 is 19.1 Å². The molecule has 0 unspecified atom stereocenters. The number of aryl methyl sites for hydroxylation is 2. The lowest BCUT2D eigenvalue weighted by Crippen LogP contribution is -2.60. The van der Waals surface area contributed by atoms with Crippen molar-refractivity contribution in [2.75, 3.05) is 0 Å². The summed E-state index contributed by atoms with van der Waals surface area (Å²) in [6.07, 6.45) is 67.0. The third-order valence-corrected chi connectivity index (χ3v) is 19.1. The van der Waals surface area contributed by atoms with Gasteiger partial charge in [0.1, 0.15) is 11.5 Å². The van der Waals surface area contributed by atoms with Crippen molar-refractivity contribution in [1.29, 1.82) is 0 Å². The van der Waals surface area contributed by atoms with E-state index in [0.29, 0.717) is 6.42 Å². The third-order valence-electron chi connectivity index (χ3n) is 19.1. The molecule has 2 fully saturated rings. The zero-order valence-electron chi connectivity index (χ0n) is 54.0. The average molecular weight is 1120 g/mol. The van der Waals surface area contributed by atoms with E-state index in [0.717, 1.165) is 101 Å². The van der Waals surface area contributed by atoms with Gasteiger partial charge in [-0.1, -0.05) is 322 Å². The zero-order chi connectivity index (χ0) is 57.6. The molecule has 0 saturated heterocycles. The summed E-state index contributed by atoms with van der Waals surface area (Å²) in [5.41, 5.74) is 4.30. The molecule has 2 N–H and O–H groups in total. The van der Waals surface area contributed by atoms with E-state index >= 15 is 0 Å². The summed E-state index contributed by atoms with van der Waals surface area (Å²) in [5.74, 6) is 1.49. The van der Waals surface area contributed by atoms with Crippen LogP contribution in [0, 0.1) is 0 Å². The standard InChI is InChI=1S/C75H130N2O4/c1-5-9-13-17-21-25-29-33-37-43-53-66-55-51-59-70(68(66)57-45-39-35-31-27-23-19-15-11-7-3)80-72(78)76-74(61-47-41-48-62-74)65-75(63-49-42-50-64-75)77-73(79)81-71-60-52-56-67(54-44-38-34-30-26-22-18-14-10-6-2)69(71)58-46-40-36-32-28-24-20-16-12-8-4/h51-52,55-56,59-60H,5-50,53-54,57-58,61-65H2,1-4H3,(H,76,78)(H,77,79). The molecule has 0 bridgehead atoms. The van der Waals surface area contributed by atoms with Gasteiger partial charge in [-0.2, -0.15) is 0 Å². The van der Waals surface area contributed by atoms with Crippen LogP contribution in [-0.4, -0.2) is 23.3 Å². The van der Waals surface area contributed by atoms with E-state index < -0.39 is 11.1 Å². The van der Waals surface area contributed by atoms with Crippen LogP contribution >= 0.6 is 0 Å².